The summed E-state index contributed by atoms with van der Waals surface area (Å²) in [4.78, 5) is 31.9. The Morgan fingerprint density at radius 2 is 2.05 bits per heavy atom. The number of pyridine rings is 1. The highest BCUT2D eigenvalue weighted by Gasteiger charge is 2.29. The van der Waals surface area contributed by atoms with Gasteiger partial charge in [0.25, 0.3) is 0 Å². The van der Waals surface area contributed by atoms with Gasteiger partial charge in [-0.1, -0.05) is 18.2 Å². The van der Waals surface area contributed by atoms with Crippen LogP contribution in [0, 0.1) is 5.92 Å². The summed E-state index contributed by atoms with van der Waals surface area (Å²) in [5, 5.41) is 15.9. The highest BCUT2D eigenvalue weighted by atomic mass is 35.5. The molecule has 0 spiro atoms. The molecule has 1 unspecified atom stereocenters. The monoisotopic (exact) mass is 528 g/mol. The lowest BCUT2D eigenvalue weighted by molar-refractivity contribution is -0.138. The first-order valence-corrected chi connectivity index (χ1v) is 13.3. The third-order valence-electron chi connectivity index (χ3n) is 7.55. The van der Waals surface area contributed by atoms with Gasteiger partial charge in [0.2, 0.25) is 5.91 Å². The Kier molecular flexibility index (Phi) is 9.27. The van der Waals surface area contributed by atoms with Crippen LogP contribution in [0.25, 0.3) is 0 Å². The van der Waals surface area contributed by atoms with Crippen molar-refractivity contribution in [2.24, 2.45) is 5.92 Å². The largest absolute Gasteiger partial charge is 0.493 e. The van der Waals surface area contributed by atoms with Crippen molar-refractivity contribution in [3.05, 3.63) is 52.7 Å². The van der Waals surface area contributed by atoms with Crippen LogP contribution in [0.3, 0.4) is 0 Å². The van der Waals surface area contributed by atoms with E-state index in [2.05, 4.69) is 27.7 Å². The number of aliphatic carboxylic acids is 1. The molecule has 200 valence electrons. The van der Waals surface area contributed by atoms with Gasteiger partial charge in [0.15, 0.2) is 0 Å². The van der Waals surface area contributed by atoms with Gasteiger partial charge >= 0.3 is 5.97 Å². The summed E-state index contributed by atoms with van der Waals surface area (Å²) in [5.74, 6) is 0.712. The van der Waals surface area contributed by atoms with Gasteiger partial charge < -0.3 is 25.4 Å². The van der Waals surface area contributed by atoms with Gasteiger partial charge in [-0.05, 0) is 80.4 Å². The van der Waals surface area contributed by atoms with Crippen molar-refractivity contribution in [1.82, 2.24) is 15.2 Å². The van der Waals surface area contributed by atoms with Crippen LogP contribution in [0.5, 0.6) is 5.75 Å². The Balaban J connectivity index is 0.00000320. The minimum Gasteiger partial charge on any atom is -0.493 e. The minimum absolute atomic E-state index is 0. The SMILES string of the molecule is Cl.O=C(O)CC(NC(=O)[C@@H]1CCCN(CCCc2ccc3c(n2)NCCC3)C1)c1ccc2c(c1)OCC2. The summed E-state index contributed by atoms with van der Waals surface area (Å²) in [6.07, 6.45) is 6.69. The summed E-state index contributed by atoms with van der Waals surface area (Å²) < 4.78 is 5.65. The zero-order chi connectivity index (χ0) is 24.9. The van der Waals surface area contributed by atoms with E-state index in [0.717, 1.165) is 93.0 Å². The number of nitrogens with one attached hydrogen (secondary N) is 2. The second-order valence-corrected chi connectivity index (χ2v) is 10.2. The van der Waals surface area contributed by atoms with Crippen molar-refractivity contribution in [2.75, 3.05) is 38.1 Å². The number of fused-ring (bicyclic) bond motifs is 2. The van der Waals surface area contributed by atoms with Gasteiger partial charge in [0, 0.05) is 25.2 Å². The zero-order valence-electron chi connectivity index (χ0n) is 21.2. The van der Waals surface area contributed by atoms with E-state index in [1.807, 2.05) is 18.2 Å². The third-order valence-corrected chi connectivity index (χ3v) is 7.55. The number of aryl methyl sites for hydroxylation is 2. The maximum absolute atomic E-state index is 13.2. The second-order valence-electron chi connectivity index (χ2n) is 10.2. The van der Waals surface area contributed by atoms with Crippen LogP contribution in [0.2, 0.25) is 0 Å². The Morgan fingerprint density at radius 3 is 2.92 bits per heavy atom. The van der Waals surface area contributed by atoms with E-state index in [1.54, 1.807) is 0 Å². The molecule has 0 saturated carbocycles. The van der Waals surface area contributed by atoms with Crippen molar-refractivity contribution < 1.29 is 19.4 Å². The standard InChI is InChI=1S/C28H36N4O4.ClH/c33-26(34)17-24(21-8-7-19-11-15-36-25(19)16-21)31-28(35)22-5-2-13-32(18-22)14-3-6-23-10-9-20-4-1-12-29-27(20)30-23;/h7-10,16,22,24H,1-6,11-15,17-18H2,(H,29,30)(H,31,35)(H,33,34);1H/t22-,24?;/m1./s1. The molecule has 1 aromatic heterocycles. The predicted octanol–water partition coefficient (Wildman–Crippen LogP) is 3.77. The number of hydrogen-bond donors (Lipinski definition) is 3. The molecule has 4 heterocycles. The quantitative estimate of drug-likeness (QED) is 0.455. The fraction of sp³-hybridized carbons (Fsp3) is 0.536. The van der Waals surface area contributed by atoms with Crippen molar-refractivity contribution in [3.63, 3.8) is 0 Å². The van der Waals surface area contributed by atoms with Gasteiger partial charge in [-0.3, -0.25) is 9.59 Å². The number of benzene rings is 1. The molecule has 3 aliphatic heterocycles. The van der Waals surface area contributed by atoms with E-state index in [-0.39, 0.29) is 30.7 Å². The van der Waals surface area contributed by atoms with E-state index in [4.69, 9.17) is 9.72 Å². The summed E-state index contributed by atoms with van der Waals surface area (Å²) in [6, 6.07) is 9.56. The number of piperidine rings is 1. The summed E-state index contributed by atoms with van der Waals surface area (Å²) in [5.41, 5.74) is 4.34. The highest BCUT2D eigenvalue weighted by molar-refractivity contribution is 5.85. The molecule has 5 rings (SSSR count). The zero-order valence-corrected chi connectivity index (χ0v) is 22.0. The molecule has 0 aliphatic carbocycles. The van der Waals surface area contributed by atoms with E-state index in [9.17, 15) is 14.7 Å². The van der Waals surface area contributed by atoms with E-state index in [1.165, 1.54) is 5.56 Å². The number of aromatic nitrogens is 1. The van der Waals surface area contributed by atoms with Crippen LogP contribution >= 0.6 is 12.4 Å². The first-order chi connectivity index (χ1) is 17.5. The van der Waals surface area contributed by atoms with Gasteiger partial charge in [-0.25, -0.2) is 4.98 Å². The van der Waals surface area contributed by atoms with Crippen LogP contribution in [0.1, 0.15) is 60.5 Å². The van der Waals surface area contributed by atoms with Crippen LogP contribution in [-0.2, 0) is 28.9 Å². The molecule has 0 radical (unpaired) electrons. The maximum atomic E-state index is 13.2. The van der Waals surface area contributed by atoms with Gasteiger partial charge in [-0.2, -0.15) is 0 Å². The van der Waals surface area contributed by atoms with Gasteiger partial charge in [0.1, 0.15) is 11.6 Å². The molecule has 2 aromatic rings. The molecule has 1 amide bonds. The number of hydrogen-bond acceptors (Lipinski definition) is 6. The van der Waals surface area contributed by atoms with E-state index >= 15 is 0 Å². The molecule has 37 heavy (non-hydrogen) atoms. The van der Waals surface area contributed by atoms with Gasteiger partial charge in [0.05, 0.1) is 25.0 Å². The number of carbonyl (C=O) groups excluding carboxylic acids is 1. The lowest BCUT2D eigenvalue weighted by Gasteiger charge is -2.33. The minimum atomic E-state index is -0.932. The number of nitrogens with zero attached hydrogens (tertiary/aromatic N) is 2. The number of likely N-dealkylation sites (tertiary alicyclic amines) is 1. The number of anilines is 1. The van der Waals surface area contributed by atoms with Crippen LogP contribution in [0.15, 0.2) is 30.3 Å². The smallest absolute Gasteiger partial charge is 0.305 e. The van der Waals surface area contributed by atoms with Crippen LogP contribution in [-0.4, -0.2) is 59.7 Å². The molecule has 3 N–H and O–H groups in total. The Labute approximate surface area is 224 Å². The van der Waals surface area contributed by atoms with Crippen LogP contribution in [0.4, 0.5) is 5.82 Å². The Morgan fingerprint density at radius 1 is 1.19 bits per heavy atom. The van der Waals surface area contributed by atoms with Crippen molar-refractivity contribution in [1.29, 1.82) is 0 Å². The third kappa shape index (κ3) is 6.93. The highest BCUT2D eigenvalue weighted by Crippen LogP contribution is 2.30. The number of carboxylic acid groups (broad SMARTS) is 1. The Bertz CT molecular complexity index is 1110. The summed E-state index contributed by atoms with van der Waals surface area (Å²) >= 11 is 0. The number of ether oxygens (including phenoxy) is 1. The molecule has 1 saturated heterocycles. The van der Waals surface area contributed by atoms with Crippen molar-refractivity contribution >= 4 is 30.1 Å². The molecule has 1 aromatic carbocycles. The fourth-order valence-electron chi connectivity index (χ4n) is 5.58. The van der Waals surface area contributed by atoms with E-state index in [0.29, 0.717) is 13.2 Å². The number of amides is 1. The van der Waals surface area contributed by atoms with Crippen molar-refractivity contribution in [3.8, 4) is 5.75 Å². The molecule has 9 heteroatoms. The van der Waals surface area contributed by atoms with Crippen LogP contribution < -0.4 is 15.4 Å². The maximum Gasteiger partial charge on any atom is 0.305 e. The molecule has 2 atom stereocenters. The number of carbonyl (C=O) groups is 2. The number of rotatable bonds is 9. The lowest BCUT2D eigenvalue weighted by atomic mass is 9.95. The second kappa shape index (κ2) is 12.6. The van der Waals surface area contributed by atoms with Crippen molar-refractivity contribution in [2.45, 2.75) is 57.4 Å². The number of carboxylic acids is 1. The average molecular weight is 529 g/mol. The molecular formula is C28H37ClN4O4. The summed E-state index contributed by atoms with van der Waals surface area (Å²) in [6.45, 7) is 4.26. The van der Waals surface area contributed by atoms with E-state index < -0.39 is 12.0 Å². The Hall–Kier alpha value is -2.84. The summed E-state index contributed by atoms with van der Waals surface area (Å²) in [7, 11) is 0. The average Bonchev–Trinajstić information content (AvgIpc) is 3.36. The van der Waals surface area contributed by atoms with Gasteiger partial charge in [-0.15, -0.1) is 12.4 Å². The predicted molar refractivity (Wildman–Crippen MR) is 145 cm³/mol. The molecule has 1 fully saturated rings. The number of halogens is 1. The first-order valence-electron chi connectivity index (χ1n) is 13.3. The molecule has 0 bridgehead atoms. The molecule has 3 aliphatic rings. The molecular weight excluding hydrogens is 492 g/mol. The lowest BCUT2D eigenvalue weighted by Crippen LogP contribution is -2.44. The molecule has 8 nitrogen and oxygen atoms in total. The normalized spacial score (nSPS) is 19.4. The topological polar surface area (TPSA) is 104 Å². The fourth-order valence-corrected chi connectivity index (χ4v) is 5.58. The first kappa shape index (κ1) is 27.2.